The first-order valence-electron chi connectivity index (χ1n) is 10.1. The lowest BCUT2D eigenvalue weighted by molar-refractivity contribution is -0.700. The summed E-state index contributed by atoms with van der Waals surface area (Å²) in [6.45, 7) is 4.22. The van der Waals surface area contributed by atoms with Gasteiger partial charge in [0.2, 0.25) is 5.91 Å². The van der Waals surface area contributed by atoms with E-state index in [1.165, 1.54) is 17.8 Å². The summed E-state index contributed by atoms with van der Waals surface area (Å²) >= 11 is 1.37. The quantitative estimate of drug-likeness (QED) is 0.185. The van der Waals surface area contributed by atoms with Gasteiger partial charge in [-0.25, -0.2) is 9.55 Å². The Bertz CT molecular complexity index is 1300. The van der Waals surface area contributed by atoms with Gasteiger partial charge in [0.05, 0.1) is 10.7 Å². The van der Waals surface area contributed by atoms with Crippen molar-refractivity contribution in [2.75, 3.05) is 11.1 Å². The molecule has 1 aromatic heterocycles. The van der Waals surface area contributed by atoms with Crippen molar-refractivity contribution in [3.8, 4) is 0 Å². The number of hydrogen-bond acceptors (Lipinski definition) is 4. The molecular weight excluding hydrogens is 424 g/mol. The number of nitrogens with zero attached hydrogens (tertiary/aromatic N) is 2. The summed E-state index contributed by atoms with van der Waals surface area (Å²) in [6, 6.07) is 21.4. The molecule has 4 rings (SSSR count). The van der Waals surface area contributed by atoms with Crippen LogP contribution in [0.5, 0.6) is 0 Å². The predicted molar refractivity (Wildman–Crippen MR) is 126 cm³/mol. The van der Waals surface area contributed by atoms with Gasteiger partial charge in [-0.3, -0.25) is 14.9 Å². The number of aromatic nitrogens is 2. The average molecular weight is 448 g/mol. The molecule has 162 valence electrons. The Kier molecular flexibility index (Phi) is 6.23. The second-order valence-corrected chi connectivity index (χ2v) is 8.55. The van der Waals surface area contributed by atoms with Crippen LogP contribution in [-0.4, -0.2) is 21.6 Å². The number of para-hydroxylation sites is 2. The molecule has 0 fully saturated rings. The van der Waals surface area contributed by atoms with Crippen LogP contribution in [0.1, 0.15) is 16.7 Å². The van der Waals surface area contributed by atoms with Crippen molar-refractivity contribution in [1.29, 1.82) is 0 Å². The maximum Gasteiger partial charge on any atom is 0.317 e. The fraction of sp³-hybridized carbons (Fsp3) is 0.167. The van der Waals surface area contributed by atoms with Crippen LogP contribution in [0.2, 0.25) is 0 Å². The van der Waals surface area contributed by atoms with Crippen LogP contribution in [0.3, 0.4) is 0 Å². The zero-order valence-electron chi connectivity index (χ0n) is 17.8. The minimum Gasteiger partial charge on any atom is -0.319 e. The number of fused-ring (bicyclic) bond motifs is 1. The van der Waals surface area contributed by atoms with Crippen LogP contribution >= 0.6 is 11.8 Å². The monoisotopic (exact) mass is 447 g/mol. The van der Waals surface area contributed by atoms with Gasteiger partial charge in [-0.15, -0.1) is 0 Å². The fourth-order valence-electron chi connectivity index (χ4n) is 3.70. The number of nitrogens with one attached hydrogen (secondary N) is 2. The molecule has 0 aliphatic heterocycles. The molecule has 1 amide bonds. The lowest BCUT2D eigenvalue weighted by Gasteiger charge is -2.09. The Morgan fingerprint density at radius 3 is 2.56 bits per heavy atom. The van der Waals surface area contributed by atoms with E-state index in [9.17, 15) is 14.9 Å². The number of aryl methyl sites for hydroxylation is 2. The number of benzene rings is 3. The molecule has 3 aromatic carbocycles. The summed E-state index contributed by atoms with van der Waals surface area (Å²) in [5.74, 6) is -0.179. The molecule has 0 spiro atoms. The Hall–Kier alpha value is -3.65. The standard InChI is InChI=1S/C24H22N4O3S/c1-16-12-17(2)23(21(13-16)28(30)31)26-22(29)15-32-24-25-19-10-6-7-11-20(19)27(24)14-18-8-4-3-5-9-18/h3-13H,14-15H2,1-2H3,(H,26,29)/p+1. The van der Waals surface area contributed by atoms with Gasteiger partial charge in [0.25, 0.3) is 5.69 Å². The third kappa shape index (κ3) is 4.65. The summed E-state index contributed by atoms with van der Waals surface area (Å²) in [6.07, 6.45) is 0. The normalized spacial score (nSPS) is 10.9. The highest BCUT2D eigenvalue weighted by atomic mass is 32.2. The van der Waals surface area contributed by atoms with Crippen molar-refractivity contribution in [2.24, 2.45) is 0 Å². The third-order valence-electron chi connectivity index (χ3n) is 5.13. The largest absolute Gasteiger partial charge is 0.319 e. The lowest BCUT2D eigenvalue weighted by Crippen LogP contribution is -2.35. The smallest absolute Gasteiger partial charge is 0.317 e. The van der Waals surface area contributed by atoms with Crippen molar-refractivity contribution < 1.29 is 14.3 Å². The number of anilines is 1. The van der Waals surface area contributed by atoms with E-state index in [1.807, 2.05) is 48.5 Å². The van der Waals surface area contributed by atoms with Crippen molar-refractivity contribution >= 4 is 40.1 Å². The molecule has 0 aliphatic carbocycles. The van der Waals surface area contributed by atoms with Crippen LogP contribution < -0.4 is 9.88 Å². The second-order valence-electron chi connectivity index (χ2n) is 7.59. The average Bonchev–Trinajstić information content (AvgIpc) is 3.12. The van der Waals surface area contributed by atoms with Gasteiger partial charge in [0.1, 0.15) is 12.2 Å². The summed E-state index contributed by atoms with van der Waals surface area (Å²) in [5.41, 5.74) is 4.78. The number of H-pyrrole nitrogens is 1. The molecule has 0 unspecified atom stereocenters. The number of rotatable bonds is 7. The number of nitro groups is 1. The number of carbonyl (C=O) groups excluding carboxylic acids is 1. The van der Waals surface area contributed by atoms with Crippen molar-refractivity contribution in [1.82, 2.24) is 4.98 Å². The third-order valence-corrected chi connectivity index (χ3v) is 6.13. The Morgan fingerprint density at radius 1 is 1.09 bits per heavy atom. The van der Waals surface area contributed by atoms with Gasteiger partial charge in [-0.1, -0.05) is 48.5 Å². The van der Waals surface area contributed by atoms with E-state index in [-0.39, 0.29) is 23.0 Å². The van der Waals surface area contributed by atoms with Crippen LogP contribution in [0.25, 0.3) is 11.0 Å². The predicted octanol–water partition coefficient (Wildman–Crippen LogP) is 4.76. The van der Waals surface area contributed by atoms with Gasteiger partial charge in [0.15, 0.2) is 11.0 Å². The maximum absolute atomic E-state index is 12.7. The first-order valence-corrected chi connectivity index (χ1v) is 11.1. The molecule has 0 atom stereocenters. The van der Waals surface area contributed by atoms with Gasteiger partial charge in [-0.05, 0) is 54.4 Å². The van der Waals surface area contributed by atoms with E-state index < -0.39 is 4.92 Å². The number of amides is 1. The molecule has 0 radical (unpaired) electrons. The van der Waals surface area contributed by atoms with E-state index in [1.54, 1.807) is 13.8 Å². The number of aromatic amines is 1. The highest BCUT2D eigenvalue weighted by Crippen LogP contribution is 2.30. The van der Waals surface area contributed by atoms with Crippen LogP contribution in [0.15, 0.2) is 71.9 Å². The molecule has 1 heterocycles. The number of carbonyl (C=O) groups is 1. The van der Waals surface area contributed by atoms with Crippen molar-refractivity contribution in [2.45, 2.75) is 25.5 Å². The Balaban J connectivity index is 1.56. The number of imidazole rings is 1. The summed E-state index contributed by atoms with van der Waals surface area (Å²) in [4.78, 5) is 27.1. The lowest BCUT2D eigenvalue weighted by atomic mass is 10.1. The zero-order valence-corrected chi connectivity index (χ0v) is 18.6. The van der Waals surface area contributed by atoms with Crippen LogP contribution in [0.4, 0.5) is 11.4 Å². The molecule has 0 saturated heterocycles. The van der Waals surface area contributed by atoms with Crippen molar-refractivity contribution in [3.05, 3.63) is 93.5 Å². The first kappa shape index (κ1) is 21.6. The van der Waals surface area contributed by atoms with E-state index in [0.29, 0.717) is 12.1 Å². The van der Waals surface area contributed by atoms with E-state index >= 15 is 0 Å². The molecule has 0 saturated carbocycles. The molecule has 2 N–H and O–H groups in total. The van der Waals surface area contributed by atoms with Gasteiger partial charge >= 0.3 is 5.16 Å². The number of hydrogen-bond donors (Lipinski definition) is 2. The molecule has 7 nitrogen and oxygen atoms in total. The minimum atomic E-state index is -0.464. The van der Waals surface area contributed by atoms with E-state index in [0.717, 1.165) is 27.3 Å². The van der Waals surface area contributed by atoms with E-state index in [2.05, 4.69) is 27.0 Å². The Morgan fingerprint density at radius 2 is 1.81 bits per heavy atom. The fourth-order valence-corrected chi connectivity index (χ4v) is 4.55. The topological polar surface area (TPSA) is 91.9 Å². The van der Waals surface area contributed by atoms with Crippen LogP contribution in [0, 0.1) is 24.0 Å². The highest BCUT2D eigenvalue weighted by molar-refractivity contribution is 7.99. The SMILES string of the molecule is Cc1cc(C)c(NC(=O)CSc2[nH]c3ccccc3[n+]2Cc2ccccc2)c([N+](=O)[O-])c1. The number of thioether (sulfide) groups is 1. The highest BCUT2D eigenvalue weighted by Gasteiger charge is 2.22. The Labute approximate surface area is 189 Å². The first-order chi connectivity index (χ1) is 15.4. The number of nitro benzene ring substituents is 1. The zero-order chi connectivity index (χ0) is 22.7. The van der Waals surface area contributed by atoms with Crippen molar-refractivity contribution in [3.63, 3.8) is 0 Å². The molecular formula is C24H23N4O3S+. The molecule has 4 aromatic rings. The molecule has 32 heavy (non-hydrogen) atoms. The summed E-state index contributed by atoms with van der Waals surface area (Å²) in [7, 11) is 0. The molecule has 0 bridgehead atoms. The second kappa shape index (κ2) is 9.23. The van der Waals surface area contributed by atoms with Gasteiger partial charge in [0, 0.05) is 6.07 Å². The maximum atomic E-state index is 12.7. The molecule has 0 aliphatic rings. The van der Waals surface area contributed by atoms with E-state index in [4.69, 9.17) is 0 Å². The van der Waals surface area contributed by atoms with Crippen LogP contribution in [-0.2, 0) is 11.3 Å². The van der Waals surface area contributed by atoms with Gasteiger partial charge in [-0.2, -0.15) is 0 Å². The molecule has 8 heteroatoms. The minimum absolute atomic E-state index is 0.0920. The van der Waals surface area contributed by atoms with Gasteiger partial charge < -0.3 is 5.32 Å². The summed E-state index contributed by atoms with van der Waals surface area (Å²) in [5, 5.41) is 15.0. The summed E-state index contributed by atoms with van der Waals surface area (Å²) < 4.78 is 2.14.